The minimum absolute atomic E-state index is 0.0720. The number of hydrogen-bond donors (Lipinski definition) is 1. The van der Waals surface area contributed by atoms with Crippen LogP contribution in [0.2, 0.25) is 0 Å². The number of Topliss-reactive ketones (excluding diaryl/α,β-unsaturated/α-hetero) is 1. The van der Waals surface area contributed by atoms with Crippen molar-refractivity contribution < 1.29 is 19.4 Å². The summed E-state index contributed by atoms with van der Waals surface area (Å²) in [5.74, 6) is -0.0158. The number of carbonyl (C=O) groups is 2. The Balaban J connectivity index is 2.01. The molecule has 0 heterocycles. The molecule has 1 aliphatic rings. The zero-order chi connectivity index (χ0) is 18.0. The van der Waals surface area contributed by atoms with Crippen molar-refractivity contribution in [2.45, 2.75) is 39.5 Å². The second-order valence-corrected chi connectivity index (χ2v) is 6.54. The molecule has 2 aromatic rings. The van der Waals surface area contributed by atoms with Gasteiger partial charge in [-0.1, -0.05) is 18.2 Å². The van der Waals surface area contributed by atoms with Crippen LogP contribution in [-0.4, -0.2) is 23.5 Å². The number of carboxylic acids is 1. The molecule has 0 saturated carbocycles. The van der Waals surface area contributed by atoms with E-state index in [-0.39, 0.29) is 12.2 Å². The van der Waals surface area contributed by atoms with Crippen LogP contribution in [0.4, 0.5) is 0 Å². The van der Waals surface area contributed by atoms with Gasteiger partial charge in [-0.2, -0.15) is 0 Å². The van der Waals surface area contributed by atoms with Gasteiger partial charge in [0.05, 0.1) is 6.61 Å². The van der Waals surface area contributed by atoms with Crippen molar-refractivity contribution in [3.63, 3.8) is 0 Å². The van der Waals surface area contributed by atoms with Crippen LogP contribution < -0.4 is 4.74 Å². The molecule has 0 spiro atoms. The van der Waals surface area contributed by atoms with Gasteiger partial charge in [-0.05, 0) is 61.1 Å². The predicted molar refractivity (Wildman–Crippen MR) is 96.4 cm³/mol. The summed E-state index contributed by atoms with van der Waals surface area (Å²) in [6.07, 6.45) is 1.82. The number of benzene rings is 2. The molecule has 4 heteroatoms. The SMILES string of the molecule is Cc1cccc(C)c1-c1cc2c(cc1OCCCC(=O)O)C(=O)CC2. The lowest BCUT2D eigenvalue weighted by Crippen LogP contribution is -2.04. The summed E-state index contributed by atoms with van der Waals surface area (Å²) in [6, 6.07) is 10.1. The van der Waals surface area contributed by atoms with Gasteiger partial charge >= 0.3 is 5.97 Å². The molecule has 1 N–H and O–H groups in total. The number of carbonyl (C=O) groups excluding carboxylic acids is 1. The van der Waals surface area contributed by atoms with Crippen molar-refractivity contribution in [1.29, 1.82) is 0 Å². The van der Waals surface area contributed by atoms with E-state index >= 15 is 0 Å². The highest BCUT2D eigenvalue weighted by Gasteiger charge is 2.23. The lowest BCUT2D eigenvalue weighted by Gasteiger charge is -2.17. The van der Waals surface area contributed by atoms with Crippen LogP contribution in [0.15, 0.2) is 30.3 Å². The molecule has 3 rings (SSSR count). The van der Waals surface area contributed by atoms with E-state index in [0.29, 0.717) is 25.2 Å². The molecular weight excluding hydrogens is 316 g/mol. The molecule has 0 fully saturated rings. The van der Waals surface area contributed by atoms with Gasteiger partial charge in [-0.3, -0.25) is 9.59 Å². The van der Waals surface area contributed by atoms with E-state index in [4.69, 9.17) is 9.84 Å². The molecule has 25 heavy (non-hydrogen) atoms. The fourth-order valence-electron chi connectivity index (χ4n) is 3.43. The summed E-state index contributed by atoms with van der Waals surface area (Å²) in [5, 5.41) is 8.78. The third-order valence-electron chi connectivity index (χ3n) is 4.67. The molecule has 0 atom stereocenters. The van der Waals surface area contributed by atoms with Gasteiger partial charge in [-0.25, -0.2) is 0 Å². The second kappa shape index (κ2) is 7.09. The monoisotopic (exact) mass is 338 g/mol. The maximum atomic E-state index is 12.1. The molecular formula is C21H22O4. The number of carboxylic acid groups (broad SMARTS) is 1. The van der Waals surface area contributed by atoms with Crippen molar-refractivity contribution in [2.75, 3.05) is 6.61 Å². The Bertz CT molecular complexity index is 816. The molecule has 0 saturated heterocycles. The normalized spacial score (nSPS) is 13.0. The standard InChI is InChI=1S/C21H22O4/c1-13-5-3-6-14(2)21(13)17-11-15-8-9-18(22)16(15)12-19(17)25-10-4-7-20(23)24/h3,5-6,11-12H,4,7-10H2,1-2H3,(H,23,24). The average Bonchev–Trinajstić information content (AvgIpc) is 2.91. The van der Waals surface area contributed by atoms with Gasteiger partial charge in [0.1, 0.15) is 5.75 Å². The highest BCUT2D eigenvalue weighted by atomic mass is 16.5. The van der Waals surface area contributed by atoms with E-state index in [2.05, 4.69) is 32.0 Å². The quantitative estimate of drug-likeness (QED) is 0.796. The highest BCUT2D eigenvalue weighted by molar-refractivity contribution is 6.02. The molecule has 0 aliphatic heterocycles. The first-order valence-corrected chi connectivity index (χ1v) is 8.58. The zero-order valence-corrected chi connectivity index (χ0v) is 14.6. The molecule has 4 nitrogen and oxygen atoms in total. The summed E-state index contributed by atoms with van der Waals surface area (Å²) in [6.45, 7) is 4.45. The minimum atomic E-state index is -0.831. The number of rotatable bonds is 6. The van der Waals surface area contributed by atoms with Crippen LogP contribution in [-0.2, 0) is 11.2 Å². The first-order valence-electron chi connectivity index (χ1n) is 8.58. The van der Waals surface area contributed by atoms with Gasteiger partial charge < -0.3 is 9.84 Å². The van der Waals surface area contributed by atoms with Crippen molar-refractivity contribution in [3.8, 4) is 16.9 Å². The molecule has 0 radical (unpaired) electrons. The van der Waals surface area contributed by atoms with Crippen molar-refractivity contribution in [2.24, 2.45) is 0 Å². The molecule has 2 aromatic carbocycles. The van der Waals surface area contributed by atoms with E-state index in [1.54, 1.807) is 0 Å². The number of fused-ring (bicyclic) bond motifs is 1. The Morgan fingerprint density at radius 3 is 2.52 bits per heavy atom. The fraction of sp³-hybridized carbons (Fsp3) is 0.333. The smallest absolute Gasteiger partial charge is 0.303 e. The maximum absolute atomic E-state index is 12.1. The van der Waals surface area contributed by atoms with Gasteiger partial charge in [0, 0.05) is 24.0 Å². The van der Waals surface area contributed by atoms with E-state index in [1.165, 1.54) is 0 Å². The lowest BCUT2D eigenvalue weighted by atomic mass is 9.92. The Kier molecular flexibility index (Phi) is 4.88. The average molecular weight is 338 g/mol. The van der Waals surface area contributed by atoms with Crippen LogP contribution in [0, 0.1) is 13.8 Å². The van der Waals surface area contributed by atoms with Gasteiger partial charge in [0.15, 0.2) is 5.78 Å². The topological polar surface area (TPSA) is 63.6 Å². The van der Waals surface area contributed by atoms with Crippen molar-refractivity contribution in [3.05, 3.63) is 52.6 Å². The fourth-order valence-corrected chi connectivity index (χ4v) is 3.43. The third-order valence-corrected chi connectivity index (χ3v) is 4.67. The van der Waals surface area contributed by atoms with Crippen molar-refractivity contribution >= 4 is 11.8 Å². The van der Waals surface area contributed by atoms with E-state index < -0.39 is 5.97 Å². The van der Waals surface area contributed by atoms with Gasteiger partial charge in [0.2, 0.25) is 0 Å². The van der Waals surface area contributed by atoms with Gasteiger partial charge in [0.25, 0.3) is 0 Å². The Labute approximate surface area is 147 Å². The number of hydrogen-bond acceptors (Lipinski definition) is 3. The van der Waals surface area contributed by atoms with Crippen LogP contribution in [0.25, 0.3) is 11.1 Å². The van der Waals surface area contributed by atoms with Crippen LogP contribution in [0.1, 0.15) is 46.3 Å². The molecule has 0 amide bonds. The molecule has 0 unspecified atom stereocenters. The summed E-state index contributed by atoms with van der Waals surface area (Å²) < 4.78 is 5.91. The first kappa shape index (κ1) is 17.2. The second-order valence-electron chi connectivity index (χ2n) is 6.54. The van der Waals surface area contributed by atoms with Crippen LogP contribution in [0.3, 0.4) is 0 Å². The summed E-state index contributed by atoms with van der Waals surface area (Å²) in [5.41, 5.74) is 6.22. The van der Waals surface area contributed by atoms with Crippen LogP contribution >= 0.6 is 0 Å². The van der Waals surface area contributed by atoms with Gasteiger partial charge in [-0.15, -0.1) is 0 Å². The van der Waals surface area contributed by atoms with Crippen molar-refractivity contribution in [1.82, 2.24) is 0 Å². The Morgan fingerprint density at radius 1 is 1.12 bits per heavy atom. The molecule has 0 aromatic heterocycles. The molecule has 1 aliphatic carbocycles. The third kappa shape index (κ3) is 3.58. The lowest BCUT2D eigenvalue weighted by molar-refractivity contribution is -0.137. The van der Waals surface area contributed by atoms with E-state index in [9.17, 15) is 9.59 Å². The highest BCUT2D eigenvalue weighted by Crippen LogP contribution is 2.39. The predicted octanol–water partition coefficient (Wildman–Crippen LogP) is 4.34. The Morgan fingerprint density at radius 2 is 1.84 bits per heavy atom. The molecule has 130 valence electrons. The summed E-state index contributed by atoms with van der Waals surface area (Å²) in [7, 11) is 0. The largest absolute Gasteiger partial charge is 0.493 e. The van der Waals surface area contributed by atoms with E-state index in [1.807, 2.05) is 12.1 Å². The maximum Gasteiger partial charge on any atom is 0.303 e. The number of ketones is 1. The zero-order valence-electron chi connectivity index (χ0n) is 14.6. The van der Waals surface area contributed by atoms with E-state index in [0.717, 1.165) is 39.8 Å². The van der Waals surface area contributed by atoms with Crippen LogP contribution in [0.5, 0.6) is 5.75 Å². The number of aryl methyl sites for hydroxylation is 3. The first-order chi connectivity index (χ1) is 12.0. The number of ether oxygens (including phenoxy) is 1. The number of aliphatic carboxylic acids is 1. The summed E-state index contributed by atoms with van der Waals surface area (Å²) >= 11 is 0. The summed E-state index contributed by atoms with van der Waals surface area (Å²) in [4.78, 5) is 22.8. The Hall–Kier alpha value is -2.62. The molecule has 0 bridgehead atoms. The minimum Gasteiger partial charge on any atom is -0.493 e.